The van der Waals surface area contributed by atoms with Crippen LogP contribution in [0.15, 0.2) is 0 Å². The first-order valence-corrected chi connectivity index (χ1v) is 11.0. The number of hydrogen-bond donors (Lipinski definition) is 10. The van der Waals surface area contributed by atoms with Crippen LogP contribution in [0.2, 0.25) is 0 Å². The fourth-order valence-corrected chi connectivity index (χ4v) is 4.23. The highest BCUT2D eigenvalue weighted by molar-refractivity contribution is 4.96. The molecule has 0 saturated carbocycles. The average molecular weight is 518 g/mol. The van der Waals surface area contributed by atoms with Crippen LogP contribution in [0.25, 0.3) is 0 Å². The van der Waals surface area contributed by atoms with Crippen molar-refractivity contribution in [1.29, 1.82) is 0 Å². The summed E-state index contributed by atoms with van der Waals surface area (Å²) < 4.78 is 32.5. The Kier molecular flexibility index (Phi) is 10.1. The second kappa shape index (κ2) is 12.3. The van der Waals surface area contributed by atoms with Crippen LogP contribution in [-0.2, 0) is 28.4 Å². The van der Waals surface area contributed by atoms with E-state index in [1.165, 1.54) is 7.11 Å². The van der Waals surface area contributed by atoms with Gasteiger partial charge in [0, 0.05) is 7.11 Å². The second-order valence-corrected chi connectivity index (χ2v) is 8.55. The van der Waals surface area contributed by atoms with Gasteiger partial charge in [-0.2, -0.15) is 0 Å². The van der Waals surface area contributed by atoms with Crippen LogP contribution in [0.4, 0.5) is 0 Å². The zero-order valence-electron chi connectivity index (χ0n) is 18.7. The summed E-state index contributed by atoms with van der Waals surface area (Å²) in [7, 11) is 1.19. The molecule has 0 aromatic carbocycles. The molecule has 0 aromatic heterocycles. The molecule has 206 valence electrons. The molecule has 0 amide bonds. The third-order valence-electron chi connectivity index (χ3n) is 6.31. The summed E-state index contributed by atoms with van der Waals surface area (Å²) in [6.07, 6.45) is -24.1. The number of rotatable bonds is 8. The summed E-state index contributed by atoms with van der Waals surface area (Å²) in [4.78, 5) is 0. The summed E-state index contributed by atoms with van der Waals surface area (Å²) in [6.45, 7) is -2.22. The van der Waals surface area contributed by atoms with Crippen molar-refractivity contribution in [1.82, 2.24) is 0 Å². The van der Waals surface area contributed by atoms with E-state index in [9.17, 15) is 51.1 Å². The lowest BCUT2D eigenvalue weighted by atomic mass is 9.96. The first-order chi connectivity index (χ1) is 16.6. The van der Waals surface area contributed by atoms with Crippen LogP contribution in [0.3, 0.4) is 0 Å². The minimum atomic E-state index is -1.84. The van der Waals surface area contributed by atoms with Gasteiger partial charge in [-0.1, -0.05) is 0 Å². The van der Waals surface area contributed by atoms with Crippen molar-refractivity contribution in [2.45, 2.75) is 92.1 Å². The molecule has 16 nitrogen and oxygen atoms in total. The molecule has 35 heavy (non-hydrogen) atoms. The summed E-state index contributed by atoms with van der Waals surface area (Å²) >= 11 is 0. The van der Waals surface area contributed by atoms with Crippen LogP contribution >= 0.6 is 0 Å². The molecular formula is C19H34O16. The molecular weight excluding hydrogens is 484 g/mol. The van der Waals surface area contributed by atoms with Gasteiger partial charge in [0.25, 0.3) is 0 Å². The van der Waals surface area contributed by atoms with Gasteiger partial charge in [-0.25, -0.2) is 0 Å². The third kappa shape index (κ3) is 5.78. The first kappa shape index (κ1) is 28.9. The zero-order valence-corrected chi connectivity index (χ0v) is 18.7. The van der Waals surface area contributed by atoms with Crippen molar-refractivity contribution in [3.63, 3.8) is 0 Å². The molecule has 3 saturated heterocycles. The van der Waals surface area contributed by atoms with E-state index < -0.39 is 112 Å². The smallest absolute Gasteiger partial charge is 0.187 e. The van der Waals surface area contributed by atoms with E-state index in [0.717, 1.165) is 0 Å². The maximum Gasteiger partial charge on any atom is 0.187 e. The predicted molar refractivity (Wildman–Crippen MR) is 106 cm³/mol. The highest BCUT2D eigenvalue weighted by Crippen LogP contribution is 2.33. The molecule has 3 aliphatic rings. The fourth-order valence-electron chi connectivity index (χ4n) is 4.23. The second-order valence-electron chi connectivity index (χ2n) is 8.55. The van der Waals surface area contributed by atoms with Gasteiger partial charge < -0.3 is 79.5 Å². The highest BCUT2D eigenvalue weighted by atomic mass is 16.8. The lowest BCUT2D eigenvalue weighted by Gasteiger charge is -2.48. The summed E-state index contributed by atoms with van der Waals surface area (Å²) in [5, 5.41) is 100. The van der Waals surface area contributed by atoms with Crippen LogP contribution < -0.4 is 0 Å². The van der Waals surface area contributed by atoms with Gasteiger partial charge in [-0.05, 0) is 0 Å². The molecule has 3 heterocycles. The van der Waals surface area contributed by atoms with Crippen molar-refractivity contribution in [3.8, 4) is 0 Å². The minimum absolute atomic E-state index is 0.733. The van der Waals surface area contributed by atoms with E-state index in [2.05, 4.69) is 0 Å². The van der Waals surface area contributed by atoms with Crippen molar-refractivity contribution < 1.29 is 79.5 Å². The van der Waals surface area contributed by atoms with Crippen LogP contribution in [0, 0.1) is 0 Å². The van der Waals surface area contributed by atoms with E-state index in [4.69, 9.17) is 28.4 Å². The number of hydrogen-bond acceptors (Lipinski definition) is 16. The van der Waals surface area contributed by atoms with Gasteiger partial charge in [0.15, 0.2) is 18.9 Å². The Labute approximate surface area is 199 Å². The lowest BCUT2D eigenvalue weighted by Crippen LogP contribution is -2.67. The molecule has 0 unspecified atom stereocenters. The third-order valence-corrected chi connectivity index (χ3v) is 6.31. The van der Waals surface area contributed by atoms with Crippen LogP contribution in [-0.4, -0.2) is 170 Å². The standard InChI is InChI=1S/C19H34O16/c1-30-17-14(29)16(35-19-13(28)11(26)9(24)6(3-21)32-19)15(7(4-22)33-17)34-18-12(27)10(25)8(23)5(2-20)31-18/h5-29H,2-4H2,1H3/t5-,6-,7-,8-,9-,10+,11+,12-,13-,14-,15-,16-,17+,18-,19-/m1/s1. The Hall–Kier alpha value is -0.640. The summed E-state index contributed by atoms with van der Waals surface area (Å²) in [5.41, 5.74) is 0. The number of aliphatic hydroxyl groups excluding tert-OH is 10. The van der Waals surface area contributed by atoms with Gasteiger partial charge in [0.1, 0.15) is 73.2 Å². The Morgan fingerprint density at radius 2 is 0.886 bits per heavy atom. The van der Waals surface area contributed by atoms with Gasteiger partial charge in [0.05, 0.1) is 19.8 Å². The van der Waals surface area contributed by atoms with Crippen molar-refractivity contribution in [2.75, 3.05) is 26.9 Å². The topological polar surface area (TPSA) is 258 Å². The molecule has 0 aromatic rings. The van der Waals surface area contributed by atoms with Gasteiger partial charge >= 0.3 is 0 Å². The molecule has 3 rings (SSSR count). The molecule has 0 spiro atoms. The van der Waals surface area contributed by atoms with Gasteiger partial charge in [-0.3, -0.25) is 0 Å². The number of methoxy groups -OCH3 is 1. The first-order valence-electron chi connectivity index (χ1n) is 11.0. The molecule has 16 heteroatoms. The molecule has 0 aliphatic carbocycles. The van der Waals surface area contributed by atoms with Crippen molar-refractivity contribution in [2.24, 2.45) is 0 Å². The quantitative estimate of drug-likeness (QED) is 0.143. The minimum Gasteiger partial charge on any atom is -0.394 e. The van der Waals surface area contributed by atoms with Crippen LogP contribution in [0.5, 0.6) is 0 Å². The van der Waals surface area contributed by atoms with E-state index in [1.807, 2.05) is 0 Å². The lowest BCUT2D eigenvalue weighted by molar-refractivity contribution is -0.385. The average Bonchev–Trinajstić information content (AvgIpc) is 2.86. The van der Waals surface area contributed by atoms with E-state index >= 15 is 0 Å². The molecule has 0 bridgehead atoms. The van der Waals surface area contributed by atoms with Crippen molar-refractivity contribution >= 4 is 0 Å². The Balaban J connectivity index is 1.86. The fraction of sp³-hybridized carbons (Fsp3) is 1.00. The molecule has 3 aliphatic heterocycles. The summed E-state index contributed by atoms with van der Waals surface area (Å²) in [6, 6.07) is 0. The van der Waals surface area contributed by atoms with E-state index in [-0.39, 0.29) is 0 Å². The SMILES string of the molecule is CO[C@H]1O[C@H](CO)[C@@H](O[C@H]2O[C@H](CO)[C@@H](O)[C@H](O)[C@H]2O)[C@H](O[C@H]2O[C@H](CO)[C@@H](O)[C@H](O)[C@H]2O)[C@H]1O. The van der Waals surface area contributed by atoms with Crippen LogP contribution in [0.1, 0.15) is 0 Å². The molecule has 0 radical (unpaired) electrons. The maximum atomic E-state index is 10.8. The van der Waals surface area contributed by atoms with Gasteiger partial charge in [-0.15, -0.1) is 0 Å². The number of aliphatic hydroxyl groups is 10. The van der Waals surface area contributed by atoms with Crippen molar-refractivity contribution in [3.05, 3.63) is 0 Å². The largest absolute Gasteiger partial charge is 0.394 e. The molecule has 15 atom stereocenters. The molecule has 3 fully saturated rings. The van der Waals surface area contributed by atoms with Gasteiger partial charge in [0.2, 0.25) is 0 Å². The monoisotopic (exact) mass is 518 g/mol. The Morgan fingerprint density at radius 1 is 0.486 bits per heavy atom. The summed E-state index contributed by atoms with van der Waals surface area (Å²) in [5.74, 6) is 0. The Morgan fingerprint density at radius 3 is 1.29 bits per heavy atom. The van der Waals surface area contributed by atoms with E-state index in [1.54, 1.807) is 0 Å². The normalized spacial score (nSPS) is 51.3. The zero-order chi connectivity index (χ0) is 26.0. The highest BCUT2D eigenvalue weighted by Gasteiger charge is 2.54. The maximum absolute atomic E-state index is 10.8. The Bertz CT molecular complexity index is 652. The predicted octanol–water partition coefficient (Wildman–Crippen LogP) is -6.92. The van der Waals surface area contributed by atoms with E-state index in [0.29, 0.717) is 0 Å². The molecule has 10 N–H and O–H groups in total. The number of ether oxygens (including phenoxy) is 6.